The maximum absolute atomic E-state index is 11.7. The third-order valence-corrected chi connectivity index (χ3v) is 2.90. The van der Waals surface area contributed by atoms with Crippen LogP contribution in [0.2, 0.25) is 0 Å². The fourth-order valence-corrected chi connectivity index (χ4v) is 1.66. The van der Waals surface area contributed by atoms with Gasteiger partial charge in [0.1, 0.15) is 0 Å². The van der Waals surface area contributed by atoms with Gasteiger partial charge in [-0.2, -0.15) is 0 Å². The SMILES string of the molecule is COCCNC(=O)C(C)NCc1cccc(OC)c1O. The number of carbonyl (C=O) groups is 1. The molecule has 0 bridgehead atoms. The first-order valence-corrected chi connectivity index (χ1v) is 6.45. The minimum absolute atomic E-state index is 0.0921. The van der Waals surface area contributed by atoms with Crippen LogP contribution < -0.4 is 15.4 Å². The first-order valence-electron chi connectivity index (χ1n) is 6.45. The average molecular weight is 282 g/mol. The molecule has 0 aliphatic carbocycles. The summed E-state index contributed by atoms with van der Waals surface area (Å²) in [4.78, 5) is 11.7. The van der Waals surface area contributed by atoms with Crippen LogP contribution in [0.5, 0.6) is 11.5 Å². The topological polar surface area (TPSA) is 79.8 Å². The van der Waals surface area contributed by atoms with Gasteiger partial charge in [0, 0.05) is 25.8 Å². The van der Waals surface area contributed by atoms with E-state index in [1.54, 1.807) is 32.2 Å². The quantitative estimate of drug-likeness (QED) is 0.610. The number of methoxy groups -OCH3 is 2. The second-order valence-electron chi connectivity index (χ2n) is 4.35. The lowest BCUT2D eigenvalue weighted by atomic mass is 10.1. The highest BCUT2D eigenvalue weighted by Gasteiger charge is 2.13. The van der Waals surface area contributed by atoms with E-state index in [0.717, 1.165) is 0 Å². The van der Waals surface area contributed by atoms with E-state index in [2.05, 4.69) is 10.6 Å². The van der Waals surface area contributed by atoms with Crippen molar-refractivity contribution < 1.29 is 19.4 Å². The van der Waals surface area contributed by atoms with Crippen molar-refractivity contribution in [1.29, 1.82) is 0 Å². The second kappa shape index (κ2) is 8.39. The first kappa shape index (κ1) is 16.3. The lowest BCUT2D eigenvalue weighted by Crippen LogP contribution is -2.42. The van der Waals surface area contributed by atoms with E-state index >= 15 is 0 Å². The predicted molar refractivity (Wildman–Crippen MR) is 75.8 cm³/mol. The lowest BCUT2D eigenvalue weighted by Gasteiger charge is -2.15. The molecule has 0 aliphatic rings. The Morgan fingerprint density at radius 1 is 1.40 bits per heavy atom. The maximum atomic E-state index is 11.7. The minimum atomic E-state index is -0.363. The molecule has 0 saturated heterocycles. The number of para-hydroxylation sites is 1. The lowest BCUT2D eigenvalue weighted by molar-refractivity contribution is -0.123. The molecule has 6 nitrogen and oxygen atoms in total. The van der Waals surface area contributed by atoms with Gasteiger partial charge in [0.05, 0.1) is 19.8 Å². The van der Waals surface area contributed by atoms with Crippen LogP contribution in [0.4, 0.5) is 0 Å². The normalized spacial score (nSPS) is 11.9. The van der Waals surface area contributed by atoms with Crippen LogP contribution in [-0.4, -0.2) is 44.4 Å². The number of ether oxygens (including phenoxy) is 2. The molecule has 1 unspecified atom stereocenters. The summed E-state index contributed by atoms with van der Waals surface area (Å²) in [6.45, 7) is 3.10. The molecule has 0 heterocycles. The third-order valence-electron chi connectivity index (χ3n) is 2.90. The monoisotopic (exact) mass is 282 g/mol. The molecule has 0 radical (unpaired) electrons. The van der Waals surface area contributed by atoms with Crippen molar-refractivity contribution >= 4 is 5.91 Å². The molecule has 1 amide bonds. The Morgan fingerprint density at radius 2 is 2.15 bits per heavy atom. The van der Waals surface area contributed by atoms with Gasteiger partial charge in [-0.05, 0) is 13.0 Å². The number of nitrogens with one attached hydrogen (secondary N) is 2. The van der Waals surface area contributed by atoms with Gasteiger partial charge in [0.2, 0.25) is 5.91 Å². The van der Waals surface area contributed by atoms with Crippen molar-refractivity contribution in [2.75, 3.05) is 27.4 Å². The van der Waals surface area contributed by atoms with Gasteiger partial charge >= 0.3 is 0 Å². The van der Waals surface area contributed by atoms with Crippen LogP contribution in [-0.2, 0) is 16.1 Å². The van der Waals surface area contributed by atoms with E-state index in [9.17, 15) is 9.90 Å². The van der Waals surface area contributed by atoms with Gasteiger partial charge < -0.3 is 25.2 Å². The molecule has 1 aromatic carbocycles. The Bertz CT molecular complexity index is 437. The van der Waals surface area contributed by atoms with E-state index in [0.29, 0.717) is 31.0 Å². The van der Waals surface area contributed by atoms with Gasteiger partial charge in [-0.3, -0.25) is 4.79 Å². The molecule has 0 fully saturated rings. The molecular weight excluding hydrogens is 260 g/mol. The molecular formula is C14H22N2O4. The van der Waals surface area contributed by atoms with Crippen LogP contribution >= 0.6 is 0 Å². The van der Waals surface area contributed by atoms with Crippen LogP contribution in [0.15, 0.2) is 18.2 Å². The average Bonchev–Trinajstić information content (AvgIpc) is 2.46. The smallest absolute Gasteiger partial charge is 0.236 e. The van der Waals surface area contributed by atoms with Crippen molar-refractivity contribution in [2.24, 2.45) is 0 Å². The third kappa shape index (κ3) is 4.71. The van der Waals surface area contributed by atoms with Crippen LogP contribution in [0.3, 0.4) is 0 Å². The Kier molecular flexibility index (Phi) is 6.83. The highest BCUT2D eigenvalue weighted by Crippen LogP contribution is 2.29. The van der Waals surface area contributed by atoms with E-state index in [4.69, 9.17) is 9.47 Å². The highest BCUT2D eigenvalue weighted by atomic mass is 16.5. The van der Waals surface area contributed by atoms with Crippen molar-refractivity contribution in [2.45, 2.75) is 19.5 Å². The molecule has 6 heteroatoms. The Hall–Kier alpha value is -1.79. The van der Waals surface area contributed by atoms with Gasteiger partial charge in [0.15, 0.2) is 11.5 Å². The minimum Gasteiger partial charge on any atom is -0.504 e. The summed E-state index contributed by atoms with van der Waals surface area (Å²) in [7, 11) is 3.08. The largest absolute Gasteiger partial charge is 0.504 e. The van der Waals surface area contributed by atoms with E-state index < -0.39 is 0 Å². The van der Waals surface area contributed by atoms with E-state index in [1.165, 1.54) is 7.11 Å². The van der Waals surface area contributed by atoms with Crippen LogP contribution in [0, 0.1) is 0 Å². The predicted octanol–water partition coefficient (Wildman–Crippen LogP) is 0.641. The van der Waals surface area contributed by atoms with Gasteiger partial charge in [-0.15, -0.1) is 0 Å². The number of amides is 1. The fourth-order valence-electron chi connectivity index (χ4n) is 1.66. The fraction of sp³-hybridized carbons (Fsp3) is 0.500. The number of hydrogen-bond donors (Lipinski definition) is 3. The van der Waals surface area contributed by atoms with Crippen molar-refractivity contribution in [1.82, 2.24) is 10.6 Å². The summed E-state index contributed by atoms with van der Waals surface area (Å²) >= 11 is 0. The summed E-state index contributed by atoms with van der Waals surface area (Å²) in [5, 5.41) is 15.7. The van der Waals surface area contributed by atoms with Crippen LogP contribution in [0.1, 0.15) is 12.5 Å². The van der Waals surface area contributed by atoms with E-state index in [-0.39, 0.29) is 17.7 Å². The Labute approximate surface area is 119 Å². The first-order chi connectivity index (χ1) is 9.60. The van der Waals surface area contributed by atoms with Gasteiger partial charge in [-0.25, -0.2) is 0 Å². The zero-order valence-electron chi connectivity index (χ0n) is 12.1. The number of hydrogen-bond acceptors (Lipinski definition) is 5. The number of phenols is 1. The summed E-state index contributed by atoms with van der Waals surface area (Å²) in [5.74, 6) is 0.403. The number of rotatable bonds is 8. The summed E-state index contributed by atoms with van der Waals surface area (Å²) in [6.07, 6.45) is 0. The Morgan fingerprint density at radius 3 is 2.80 bits per heavy atom. The molecule has 112 valence electrons. The number of carbonyl (C=O) groups excluding carboxylic acids is 1. The van der Waals surface area contributed by atoms with Crippen LogP contribution in [0.25, 0.3) is 0 Å². The number of phenolic OH excluding ortho intramolecular Hbond substituents is 1. The molecule has 1 atom stereocenters. The number of benzene rings is 1. The van der Waals surface area contributed by atoms with Crippen molar-refractivity contribution in [3.05, 3.63) is 23.8 Å². The molecule has 0 aromatic heterocycles. The molecule has 20 heavy (non-hydrogen) atoms. The molecule has 0 spiro atoms. The second-order valence-corrected chi connectivity index (χ2v) is 4.35. The summed E-state index contributed by atoms with van der Waals surface area (Å²) in [6, 6.07) is 4.89. The zero-order chi connectivity index (χ0) is 15.0. The standard InChI is InChI=1S/C14H22N2O4/c1-10(14(18)15-7-8-19-2)16-9-11-5-4-6-12(20-3)13(11)17/h4-6,10,16-17H,7-9H2,1-3H3,(H,15,18). The zero-order valence-corrected chi connectivity index (χ0v) is 12.1. The molecule has 0 saturated carbocycles. The van der Waals surface area contributed by atoms with Gasteiger partial charge in [0.25, 0.3) is 0 Å². The highest BCUT2D eigenvalue weighted by molar-refractivity contribution is 5.81. The molecule has 0 aliphatic heterocycles. The van der Waals surface area contributed by atoms with Gasteiger partial charge in [-0.1, -0.05) is 12.1 Å². The molecule has 1 rings (SSSR count). The van der Waals surface area contributed by atoms with Crippen molar-refractivity contribution in [3.8, 4) is 11.5 Å². The molecule has 3 N–H and O–H groups in total. The summed E-state index contributed by atoms with van der Waals surface area (Å²) in [5.41, 5.74) is 0.681. The Balaban J connectivity index is 2.48. The maximum Gasteiger partial charge on any atom is 0.236 e. The summed E-state index contributed by atoms with van der Waals surface area (Å²) < 4.78 is 9.89. The number of aromatic hydroxyl groups is 1. The molecule has 1 aromatic rings. The van der Waals surface area contributed by atoms with Crippen molar-refractivity contribution in [3.63, 3.8) is 0 Å². The van der Waals surface area contributed by atoms with E-state index in [1.807, 2.05) is 0 Å².